The van der Waals surface area contributed by atoms with Gasteiger partial charge in [0.25, 0.3) is 0 Å². The van der Waals surface area contributed by atoms with E-state index in [1.54, 1.807) is 16.2 Å². The van der Waals surface area contributed by atoms with Gasteiger partial charge in [-0.3, -0.25) is 10.1 Å². The number of hydrogen-bond donors (Lipinski definition) is 4. The van der Waals surface area contributed by atoms with Gasteiger partial charge in [0.05, 0.1) is 34.3 Å². The van der Waals surface area contributed by atoms with Gasteiger partial charge in [0.15, 0.2) is 0 Å². The van der Waals surface area contributed by atoms with Gasteiger partial charge in [0.1, 0.15) is 6.23 Å². The number of likely N-dealkylation sites (tertiary alicyclic amines) is 1. The Kier molecular flexibility index (Phi) is 8.29. The molecule has 0 aliphatic carbocycles. The van der Waals surface area contributed by atoms with Crippen LogP contribution < -0.4 is 10.6 Å². The first-order valence-electron chi connectivity index (χ1n) is 11.6. The molecule has 1 saturated heterocycles. The largest absolute Gasteiger partial charge is 0.391 e. The van der Waals surface area contributed by atoms with Crippen LogP contribution in [0.2, 0.25) is 0 Å². The lowest BCUT2D eigenvalue weighted by molar-refractivity contribution is -0.140. The number of aromatic nitrogens is 1. The van der Waals surface area contributed by atoms with Crippen molar-refractivity contribution >= 4 is 17.2 Å². The molecule has 8 heteroatoms. The topological polar surface area (TPSA) is 97.7 Å². The van der Waals surface area contributed by atoms with Crippen LogP contribution in [0.3, 0.4) is 0 Å². The molecule has 0 radical (unpaired) electrons. The lowest BCUT2D eigenvalue weighted by Gasteiger charge is -2.38. The first-order valence-corrected chi connectivity index (χ1v) is 12.5. The molecule has 7 nitrogen and oxygen atoms in total. The van der Waals surface area contributed by atoms with Crippen molar-refractivity contribution in [1.29, 1.82) is 0 Å². The Morgan fingerprint density at radius 1 is 1.27 bits per heavy atom. The first-order chi connectivity index (χ1) is 15.5. The van der Waals surface area contributed by atoms with Crippen molar-refractivity contribution in [2.24, 2.45) is 5.41 Å². The molecule has 1 amide bonds. The van der Waals surface area contributed by atoms with Gasteiger partial charge in [-0.2, -0.15) is 0 Å². The van der Waals surface area contributed by atoms with Crippen LogP contribution in [-0.4, -0.2) is 63.0 Å². The van der Waals surface area contributed by atoms with Crippen LogP contribution in [-0.2, 0) is 11.3 Å². The number of nitrogens with one attached hydrogen (secondary N) is 2. The lowest BCUT2D eigenvalue weighted by atomic mass is 9.85. The standard InChI is InChI=1S/C25H38N4O3S/c1-15(2)28-22(25(4,5)6)24(32)29-13-19(30)11-20(29)23(31)26-12-17-7-9-18(10-8-17)21-16(3)27-14-33-21/h7-10,14-15,19-20,22-23,26,28,30-31H,11-13H2,1-6H3/t19-,20+,22-,23?/m1/s1. The van der Waals surface area contributed by atoms with Gasteiger partial charge in [-0.15, -0.1) is 11.3 Å². The molecule has 1 unspecified atom stereocenters. The van der Waals surface area contributed by atoms with Crippen LogP contribution in [0.5, 0.6) is 0 Å². The smallest absolute Gasteiger partial charge is 0.240 e. The van der Waals surface area contributed by atoms with Crippen molar-refractivity contribution in [1.82, 2.24) is 20.5 Å². The molecule has 1 aliphatic heterocycles. The van der Waals surface area contributed by atoms with Crippen LogP contribution >= 0.6 is 11.3 Å². The fourth-order valence-electron chi connectivity index (χ4n) is 4.30. The number of aliphatic hydroxyl groups is 2. The summed E-state index contributed by atoms with van der Waals surface area (Å²) in [5.74, 6) is -0.0807. The van der Waals surface area contributed by atoms with Gasteiger partial charge in [0.2, 0.25) is 5.91 Å². The zero-order chi connectivity index (χ0) is 24.3. The zero-order valence-corrected chi connectivity index (χ0v) is 21.3. The Balaban J connectivity index is 1.66. The van der Waals surface area contributed by atoms with E-state index in [2.05, 4.69) is 27.8 Å². The van der Waals surface area contributed by atoms with Crippen LogP contribution in [0.15, 0.2) is 29.8 Å². The van der Waals surface area contributed by atoms with Gasteiger partial charge in [-0.1, -0.05) is 58.9 Å². The molecule has 182 valence electrons. The van der Waals surface area contributed by atoms with Gasteiger partial charge in [-0.25, -0.2) is 4.98 Å². The molecule has 2 heterocycles. The molecule has 1 fully saturated rings. The second-order valence-electron chi connectivity index (χ2n) is 10.4. The summed E-state index contributed by atoms with van der Waals surface area (Å²) in [6.45, 7) is 12.8. The molecule has 4 atom stereocenters. The molecule has 0 spiro atoms. The molecule has 2 aromatic rings. The number of aryl methyl sites for hydroxylation is 1. The number of rotatable bonds is 8. The summed E-state index contributed by atoms with van der Waals surface area (Å²) in [6.07, 6.45) is -1.23. The molecule has 33 heavy (non-hydrogen) atoms. The number of carbonyl (C=O) groups is 1. The number of benzene rings is 1. The molecule has 0 bridgehead atoms. The van der Waals surface area contributed by atoms with Crippen LogP contribution in [0.1, 0.15) is 52.3 Å². The van der Waals surface area contributed by atoms with Gasteiger partial charge < -0.3 is 20.4 Å². The monoisotopic (exact) mass is 474 g/mol. The van der Waals surface area contributed by atoms with E-state index in [1.807, 2.05) is 59.2 Å². The van der Waals surface area contributed by atoms with Gasteiger partial charge >= 0.3 is 0 Å². The number of carbonyl (C=O) groups excluding carboxylic acids is 1. The Bertz CT molecular complexity index is 922. The second-order valence-corrected chi connectivity index (χ2v) is 11.2. The second kappa shape index (κ2) is 10.6. The van der Waals surface area contributed by atoms with Crippen molar-refractivity contribution in [3.05, 3.63) is 41.0 Å². The van der Waals surface area contributed by atoms with Crippen molar-refractivity contribution in [3.8, 4) is 10.4 Å². The molecular weight excluding hydrogens is 436 g/mol. The van der Waals surface area contributed by atoms with Crippen LogP contribution in [0.25, 0.3) is 10.4 Å². The van der Waals surface area contributed by atoms with Crippen molar-refractivity contribution < 1.29 is 15.0 Å². The number of β-amino-alcohol motifs (C(OH)–C–C–N with tert-alkyl or cyclic N) is 1. The first kappa shape index (κ1) is 25.8. The lowest BCUT2D eigenvalue weighted by Crippen LogP contribution is -2.58. The highest BCUT2D eigenvalue weighted by Gasteiger charge is 2.43. The Hall–Kier alpha value is -1.84. The normalized spacial score (nSPS) is 20.9. The van der Waals surface area contributed by atoms with E-state index in [0.29, 0.717) is 13.0 Å². The maximum Gasteiger partial charge on any atom is 0.240 e. The average molecular weight is 475 g/mol. The zero-order valence-electron chi connectivity index (χ0n) is 20.5. The van der Waals surface area contributed by atoms with E-state index in [0.717, 1.165) is 21.7 Å². The Morgan fingerprint density at radius 2 is 1.94 bits per heavy atom. The number of aliphatic hydroxyl groups excluding tert-OH is 2. The fourth-order valence-corrected chi connectivity index (χ4v) is 5.11. The molecule has 1 aromatic heterocycles. The maximum absolute atomic E-state index is 13.4. The molecule has 1 aromatic carbocycles. The molecule has 0 saturated carbocycles. The summed E-state index contributed by atoms with van der Waals surface area (Å²) in [7, 11) is 0. The fraction of sp³-hybridized carbons (Fsp3) is 0.600. The molecule has 3 rings (SSSR count). The van der Waals surface area contributed by atoms with Crippen LogP contribution in [0, 0.1) is 12.3 Å². The third kappa shape index (κ3) is 6.39. The minimum atomic E-state index is -0.936. The van der Waals surface area contributed by atoms with Crippen molar-refractivity contribution in [2.75, 3.05) is 6.54 Å². The molecule has 1 aliphatic rings. The summed E-state index contributed by atoms with van der Waals surface area (Å²) < 4.78 is 0. The van der Waals surface area contributed by atoms with Crippen LogP contribution in [0.4, 0.5) is 0 Å². The van der Waals surface area contributed by atoms with E-state index in [1.165, 1.54) is 0 Å². The third-order valence-corrected chi connectivity index (χ3v) is 7.04. The minimum absolute atomic E-state index is 0.0807. The predicted octanol–water partition coefficient (Wildman–Crippen LogP) is 2.90. The van der Waals surface area contributed by atoms with E-state index in [9.17, 15) is 15.0 Å². The van der Waals surface area contributed by atoms with Crippen molar-refractivity contribution in [3.63, 3.8) is 0 Å². The summed E-state index contributed by atoms with van der Waals surface area (Å²) >= 11 is 1.62. The Labute approximate surface area is 201 Å². The molecule has 4 N–H and O–H groups in total. The summed E-state index contributed by atoms with van der Waals surface area (Å²) in [5, 5.41) is 27.7. The third-order valence-electron chi connectivity index (χ3n) is 6.06. The van der Waals surface area contributed by atoms with E-state index < -0.39 is 24.4 Å². The highest BCUT2D eigenvalue weighted by atomic mass is 32.1. The number of thiazole rings is 1. The molecular formula is C25H38N4O3S. The van der Waals surface area contributed by atoms with E-state index in [4.69, 9.17) is 0 Å². The van der Waals surface area contributed by atoms with Crippen molar-refractivity contribution in [2.45, 2.75) is 85.0 Å². The maximum atomic E-state index is 13.4. The number of hydrogen-bond acceptors (Lipinski definition) is 7. The highest BCUT2D eigenvalue weighted by molar-refractivity contribution is 7.13. The summed E-state index contributed by atoms with van der Waals surface area (Å²) in [5.41, 5.74) is 4.73. The summed E-state index contributed by atoms with van der Waals surface area (Å²) in [4.78, 5) is 20.6. The van der Waals surface area contributed by atoms with E-state index >= 15 is 0 Å². The minimum Gasteiger partial charge on any atom is -0.391 e. The SMILES string of the molecule is Cc1ncsc1-c1ccc(CNC(O)[C@@H]2C[C@@H](O)CN2C(=O)[C@@H](NC(C)C)C(C)(C)C)cc1. The quantitative estimate of drug-likeness (QED) is 0.439. The average Bonchev–Trinajstić information content (AvgIpc) is 3.35. The summed E-state index contributed by atoms with van der Waals surface area (Å²) in [6, 6.07) is 7.44. The number of amides is 1. The number of nitrogens with zero attached hydrogens (tertiary/aromatic N) is 2. The van der Waals surface area contributed by atoms with Gasteiger partial charge in [0, 0.05) is 19.1 Å². The Morgan fingerprint density at radius 3 is 2.48 bits per heavy atom. The predicted molar refractivity (Wildman–Crippen MR) is 133 cm³/mol. The highest BCUT2D eigenvalue weighted by Crippen LogP contribution is 2.28. The van der Waals surface area contributed by atoms with Gasteiger partial charge in [-0.05, 0) is 29.9 Å². The van der Waals surface area contributed by atoms with E-state index in [-0.39, 0.29) is 23.9 Å².